The summed E-state index contributed by atoms with van der Waals surface area (Å²) >= 11 is 0. The minimum atomic E-state index is -0.238. The van der Waals surface area contributed by atoms with Crippen LogP contribution in [0.15, 0.2) is 83.2 Å². The summed E-state index contributed by atoms with van der Waals surface area (Å²) < 4.78 is 5.89. The minimum Gasteiger partial charge on any atom is -0.495 e. The SMILES string of the molecule is C=C(O)NC(=NC1CCCC1)C(C(=N)C(=N)c1cccc(Oc2ccccc2)c1)=C(C)C.CCC. The number of ether oxygens (including phenoxy) is 1. The van der Waals surface area contributed by atoms with Crippen molar-refractivity contribution in [3.05, 3.63) is 83.8 Å². The smallest absolute Gasteiger partial charge is 0.182 e. The molecule has 0 aromatic heterocycles. The molecule has 0 radical (unpaired) electrons. The molecule has 1 saturated carbocycles. The average Bonchev–Trinajstić information content (AvgIpc) is 3.32. The van der Waals surface area contributed by atoms with E-state index in [0.29, 0.717) is 28.5 Å². The molecule has 0 bridgehead atoms. The summed E-state index contributed by atoms with van der Waals surface area (Å²) in [5.41, 5.74) is 1.94. The van der Waals surface area contributed by atoms with Crippen LogP contribution < -0.4 is 10.1 Å². The van der Waals surface area contributed by atoms with Crippen LogP contribution in [-0.4, -0.2) is 28.4 Å². The predicted octanol–water partition coefficient (Wildman–Crippen LogP) is 7.58. The van der Waals surface area contributed by atoms with Gasteiger partial charge in [0.15, 0.2) is 5.88 Å². The fraction of sp³-hybridized carbons (Fsp3) is 0.345. The molecule has 0 saturated heterocycles. The van der Waals surface area contributed by atoms with E-state index < -0.39 is 0 Å². The second kappa shape index (κ2) is 13.9. The van der Waals surface area contributed by atoms with Crippen LogP contribution in [-0.2, 0) is 0 Å². The summed E-state index contributed by atoms with van der Waals surface area (Å²) in [5.74, 6) is 1.44. The van der Waals surface area contributed by atoms with Gasteiger partial charge in [0, 0.05) is 11.1 Å². The van der Waals surface area contributed by atoms with Gasteiger partial charge in [-0.2, -0.15) is 0 Å². The van der Waals surface area contributed by atoms with Crippen LogP contribution in [0, 0.1) is 10.8 Å². The van der Waals surface area contributed by atoms with Gasteiger partial charge in [-0.25, -0.2) is 0 Å². The largest absolute Gasteiger partial charge is 0.495 e. The van der Waals surface area contributed by atoms with E-state index in [4.69, 9.17) is 20.5 Å². The zero-order chi connectivity index (χ0) is 25.8. The second-order valence-electron chi connectivity index (χ2n) is 8.76. The van der Waals surface area contributed by atoms with Gasteiger partial charge in [0.25, 0.3) is 0 Å². The van der Waals surface area contributed by atoms with Crippen molar-refractivity contribution >= 4 is 17.3 Å². The number of nitrogens with one attached hydrogen (secondary N) is 3. The molecule has 35 heavy (non-hydrogen) atoms. The number of aliphatic hydroxyl groups is 1. The van der Waals surface area contributed by atoms with Crippen molar-refractivity contribution in [2.45, 2.75) is 65.8 Å². The fourth-order valence-electron chi connectivity index (χ4n) is 3.73. The van der Waals surface area contributed by atoms with E-state index in [-0.39, 0.29) is 23.3 Å². The molecular weight excluding hydrogens is 436 g/mol. The van der Waals surface area contributed by atoms with Gasteiger partial charge < -0.3 is 15.2 Å². The van der Waals surface area contributed by atoms with Crippen molar-refractivity contribution < 1.29 is 9.84 Å². The second-order valence-corrected chi connectivity index (χ2v) is 8.76. The first-order valence-electron chi connectivity index (χ1n) is 12.2. The number of benzene rings is 2. The Labute approximate surface area is 209 Å². The van der Waals surface area contributed by atoms with E-state index >= 15 is 0 Å². The monoisotopic (exact) mass is 474 g/mol. The van der Waals surface area contributed by atoms with Gasteiger partial charge in [0.05, 0.1) is 17.5 Å². The molecule has 1 aliphatic carbocycles. The number of allylic oxidation sites excluding steroid dienone is 1. The quantitative estimate of drug-likeness (QED) is 0.180. The topological polar surface area (TPSA) is 102 Å². The van der Waals surface area contributed by atoms with Crippen LogP contribution in [0.2, 0.25) is 0 Å². The van der Waals surface area contributed by atoms with Crippen LogP contribution in [0.3, 0.4) is 0 Å². The van der Waals surface area contributed by atoms with Crippen molar-refractivity contribution in [1.29, 1.82) is 10.8 Å². The standard InChI is InChI=1S/C26H30N4O2.C3H8/c1-17(2)23(26(29-18(3)31)30-20-11-7-8-12-20)25(28)24(27)19-10-9-15-22(16-19)32-21-13-5-4-6-14-21;1-3-2/h4-6,9-10,13-16,20,27-28,31H,3,7-8,11-12H2,1-2H3,(H,29,30);3H2,1-2H3. The minimum absolute atomic E-state index is 0.0207. The normalized spacial score (nSPS) is 13.3. The summed E-state index contributed by atoms with van der Waals surface area (Å²) in [6.07, 6.45) is 5.44. The zero-order valence-electron chi connectivity index (χ0n) is 21.3. The Bertz CT molecular complexity index is 1080. The molecule has 0 aliphatic heterocycles. The maximum absolute atomic E-state index is 9.79. The first kappa shape index (κ1) is 27.6. The van der Waals surface area contributed by atoms with Crippen molar-refractivity contribution in [3.63, 3.8) is 0 Å². The molecule has 0 atom stereocenters. The predicted molar refractivity (Wildman–Crippen MR) is 146 cm³/mol. The molecular formula is C29H38N4O2. The number of para-hydroxylation sites is 1. The maximum Gasteiger partial charge on any atom is 0.182 e. The highest BCUT2D eigenvalue weighted by atomic mass is 16.5. The molecule has 6 nitrogen and oxygen atoms in total. The van der Waals surface area contributed by atoms with Gasteiger partial charge >= 0.3 is 0 Å². The summed E-state index contributed by atoms with van der Waals surface area (Å²) in [6.45, 7) is 11.5. The Hall–Kier alpha value is -3.67. The number of amidine groups is 1. The van der Waals surface area contributed by atoms with Gasteiger partial charge in [-0.3, -0.25) is 15.8 Å². The summed E-state index contributed by atoms with van der Waals surface area (Å²) in [5, 5.41) is 30.1. The van der Waals surface area contributed by atoms with Crippen LogP contribution in [0.4, 0.5) is 0 Å². The van der Waals surface area contributed by atoms with Gasteiger partial charge in [-0.15, -0.1) is 0 Å². The van der Waals surface area contributed by atoms with Crippen LogP contribution in [0.25, 0.3) is 0 Å². The molecule has 2 aromatic carbocycles. The third-order valence-electron chi connectivity index (χ3n) is 5.24. The summed E-state index contributed by atoms with van der Waals surface area (Å²) in [4.78, 5) is 4.77. The summed E-state index contributed by atoms with van der Waals surface area (Å²) in [6, 6.07) is 16.7. The Balaban J connectivity index is 0.00000137. The molecule has 0 amide bonds. The summed E-state index contributed by atoms with van der Waals surface area (Å²) in [7, 11) is 0. The van der Waals surface area contributed by atoms with Crippen LogP contribution in [0.5, 0.6) is 11.5 Å². The van der Waals surface area contributed by atoms with Crippen LogP contribution in [0.1, 0.15) is 65.4 Å². The number of aliphatic imine (C=N–C) groups is 1. The molecule has 0 unspecified atom stereocenters. The van der Waals surface area contributed by atoms with E-state index in [2.05, 4.69) is 25.7 Å². The van der Waals surface area contributed by atoms with E-state index in [1.807, 2.05) is 50.2 Å². The molecule has 186 valence electrons. The van der Waals surface area contributed by atoms with Gasteiger partial charge in [0.1, 0.15) is 17.3 Å². The molecule has 0 spiro atoms. The molecule has 4 N–H and O–H groups in total. The molecule has 2 aromatic rings. The van der Waals surface area contributed by atoms with Crippen molar-refractivity contribution in [2.75, 3.05) is 0 Å². The lowest BCUT2D eigenvalue weighted by Gasteiger charge is -2.18. The highest BCUT2D eigenvalue weighted by Crippen LogP contribution is 2.24. The van der Waals surface area contributed by atoms with Gasteiger partial charge in [-0.05, 0) is 57.5 Å². The van der Waals surface area contributed by atoms with E-state index in [1.165, 1.54) is 6.42 Å². The van der Waals surface area contributed by atoms with Crippen molar-refractivity contribution in [1.82, 2.24) is 5.32 Å². The zero-order valence-corrected chi connectivity index (χ0v) is 21.3. The van der Waals surface area contributed by atoms with E-state index in [9.17, 15) is 5.11 Å². The molecule has 1 aliphatic rings. The molecule has 6 heteroatoms. The highest BCUT2D eigenvalue weighted by molar-refractivity contribution is 6.56. The van der Waals surface area contributed by atoms with E-state index in [1.54, 1.807) is 18.2 Å². The van der Waals surface area contributed by atoms with Gasteiger partial charge in [-0.1, -0.05) is 69.0 Å². The maximum atomic E-state index is 9.79. The first-order valence-corrected chi connectivity index (χ1v) is 12.2. The number of aliphatic hydroxyl groups excluding tert-OH is 1. The Kier molecular flexibility index (Phi) is 10.9. The van der Waals surface area contributed by atoms with E-state index in [0.717, 1.165) is 31.3 Å². The first-order chi connectivity index (χ1) is 16.8. The lowest BCUT2D eigenvalue weighted by molar-refractivity contribution is 0.391. The lowest BCUT2D eigenvalue weighted by Crippen LogP contribution is -2.32. The lowest BCUT2D eigenvalue weighted by atomic mass is 9.95. The third kappa shape index (κ3) is 8.56. The Morgan fingerprint density at radius 1 is 1.03 bits per heavy atom. The average molecular weight is 475 g/mol. The molecule has 1 fully saturated rings. The molecule has 3 rings (SSSR count). The third-order valence-corrected chi connectivity index (χ3v) is 5.24. The number of rotatable bonds is 8. The number of hydrogen-bond acceptors (Lipinski definition) is 5. The molecule has 0 heterocycles. The van der Waals surface area contributed by atoms with Gasteiger partial charge in [0.2, 0.25) is 0 Å². The Morgan fingerprint density at radius 3 is 2.20 bits per heavy atom. The van der Waals surface area contributed by atoms with Crippen molar-refractivity contribution in [3.8, 4) is 11.5 Å². The fourth-order valence-corrected chi connectivity index (χ4v) is 3.73. The number of nitrogens with zero attached hydrogens (tertiary/aromatic N) is 1. The Morgan fingerprint density at radius 2 is 1.63 bits per heavy atom. The highest BCUT2D eigenvalue weighted by Gasteiger charge is 2.23. The van der Waals surface area contributed by atoms with Crippen molar-refractivity contribution in [2.24, 2.45) is 4.99 Å². The van der Waals surface area contributed by atoms with Crippen LogP contribution >= 0.6 is 0 Å². The number of hydrogen-bond donors (Lipinski definition) is 4.